The molecule has 0 saturated carbocycles. The second-order valence-electron chi connectivity index (χ2n) is 7.79. The fourth-order valence-electron chi connectivity index (χ4n) is 2.82. The van der Waals surface area contributed by atoms with Gasteiger partial charge in [-0.2, -0.15) is 0 Å². The van der Waals surface area contributed by atoms with Crippen LogP contribution >= 0.6 is 0 Å². The first-order valence-corrected chi connectivity index (χ1v) is 9.31. The fourth-order valence-corrected chi connectivity index (χ4v) is 2.82. The van der Waals surface area contributed by atoms with Crippen LogP contribution in [0.5, 0.6) is 5.75 Å². The third-order valence-electron chi connectivity index (χ3n) is 4.25. The Hall–Kier alpha value is -2.56. The molecule has 4 heteroatoms. The van der Waals surface area contributed by atoms with E-state index in [1.165, 1.54) is 10.9 Å². The van der Waals surface area contributed by atoms with Gasteiger partial charge in [0.05, 0.1) is 0 Å². The van der Waals surface area contributed by atoms with Crippen molar-refractivity contribution in [3.63, 3.8) is 0 Å². The topological polar surface area (TPSA) is 57.3 Å². The van der Waals surface area contributed by atoms with Crippen molar-refractivity contribution in [3.8, 4) is 5.75 Å². The van der Waals surface area contributed by atoms with E-state index in [2.05, 4.69) is 61.4 Å². The van der Waals surface area contributed by atoms with Gasteiger partial charge >= 0.3 is 0 Å². The van der Waals surface area contributed by atoms with E-state index >= 15 is 0 Å². The van der Waals surface area contributed by atoms with E-state index in [0.717, 1.165) is 16.8 Å². The lowest BCUT2D eigenvalue weighted by molar-refractivity contribution is 0.100. The highest BCUT2D eigenvalue weighted by atomic mass is 16.5. The highest BCUT2D eigenvalue weighted by molar-refractivity contribution is 5.91. The zero-order chi connectivity index (χ0) is 19.3. The predicted octanol–water partition coefficient (Wildman–Crippen LogP) is 4.47. The zero-order valence-corrected chi connectivity index (χ0v) is 16.2. The molecule has 3 rings (SSSR count). The predicted molar refractivity (Wildman–Crippen MR) is 113 cm³/mol. The van der Waals surface area contributed by atoms with Crippen molar-refractivity contribution in [1.82, 2.24) is 10.3 Å². The number of benzene rings is 2. The Morgan fingerprint density at radius 2 is 1.93 bits per heavy atom. The molecule has 0 spiro atoms. The van der Waals surface area contributed by atoms with Crippen LogP contribution < -0.4 is 10.1 Å². The van der Waals surface area contributed by atoms with Crippen molar-refractivity contribution < 1.29 is 9.84 Å². The van der Waals surface area contributed by atoms with Gasteiger partial charge in [-0.15, -0.1) is 0 Å². The molecule has 0 fully saturated rings. The van der Waals surface area contributed by atoms with Crippen molar-refractivity contribution in [1.29, 1.82) is 0 Å². The number of fused-ring (bicyclic) bond motifs is 1. The maximum Gasteiger partial charge on any atom is 0.120 e. The van der Waals surface area contributed by atoms with Crippen LogP contribution in [0.3, 0.4) is 0 Å². The fraction of sp³-hybridized carbons (Fsp3) is 0.304. The molecule has 0 saturated heterocycles. The average molecular weight is 364 g/mol. The van der Waals surface area contributed by atoms with Crippen LogP contribution in [0.15, 0.2) is 54.7 Å². The van der Waals surface area contributed by atoms with Gasteiger partial charge in [-0.1, -0.05) is 36.4 Å². The van der Waals surface area contributed by atoms with Gasteiger partial charge in [0.15, 0.2) is 0 Å². The van der Waals surface area contributed by atoms with E-state index in [4.69, 9.17) is 4.74 Å². The van der Waals surface area contributed by atoms with Gasteiger partial charge in [-0.25, -0.2) is 0 Å². The molecule has 1 unspecified atom stereocenters. The van der Waals surface area contributed by atoms with Gasteiger partial charge in [-0.3, -0.25) is 0 Å². The second kappa shape index (κ2) is 8.42. The Labute approximate surface area is 160 Å². The monoisotopic (exact) mass is 364 g/mol. The maximum absolute atomic E-state index is 10.1. The lowest BCUT2D eigenvalue weighted by Gasteiger charge is -2.23. The summed E-state index contributed by atoms with van der Waals surface area (Å²) in [5.41, 5.74) is 3.34. The Balaban J connectivity index is 1.61. The number of ether oxygens (including phenoxy) is 1. The van der Waals surface area contributed by atoms with E-state index in [0.29, 0.717) is 6.54 Å². The summed E-state index contributed by atoms with van der Waals surface area (Å²) in [6.45, 7) is 6.99. The summed E-state index contributed by atoms with van der Waals surface area (Å²) in [5.74, 6) is 0.756. The van der Waals surface area contributed by atoms with Gasteiger partial charge in [0.2, 0.25) is 0 Å². The maximum atomic E-state index is 10.1. The van der Waals surface area contributed by atoms with Crippen LogP contribution in [0.25, 0.3) is 23.1 Å². The molecule has 0 bridgehead atoms. The van der Waals surface area contributed by atoms with Crippen molar-refractivity contribution in [2.24, 2.45) is 0 Å². The van der Waals surface area contributed by atoms with Crippen molar-refractivity contribution >= 4 is 23.1 Å². The van der Waals surface area contributed by atoms with Crippen LogP contribution in [0, 0.1) is 0 Å². The van der Waals surface area contributed by atoms with E-state index in [1.54, 1.807) is 0 Å². The number of aliphatic hydroxyl groups excluding tert-OH is 1. The van der Waals surface area contributed by atoms with Gasteiger partial charge in [-0.05, 0) is 56.2 Å². The molecule has 3 aromatic rings. The molecule has 1 aromatic heterocycles. The number of β-amino-alcohol motifs (C(OH)–C–C–N with tert-alkyl or cyclic N) is 1. The Bertz CT molecular complexity index is 906. The average Bonchev–Trinajstić information content (AvgIpc) is 3.12. The Kier molecular flexibility index (Phi) is 5.99. The molecule has 0 amide bonds. The largest absolute Gasteiger partial charge is 0.491 e. The summed E-state index contributed by atoms with van der Waals surface area (Å²) < 4.78 is 5.75. The minimum Gasteiger partial charge on any atom is -0.491 e. The third-order valence-corrected chi connectivity index (χ3v) is 4.25. The molecule has 0 aliphatic heterocycles. The van der Waals surface area contributed by atoms with Crippen LogP contribution in [-0.2, 0) is 0 Å². The minimum absolute atomic E-state index is 0.0198. The smallest absolute Gasteiger partial charge is 0.120 e. The molecule has 0 aliphatic carbocycles. The minimum atomic E-state index is -0.547. The zero-order valence-electron chi connectivity index (χ0n) is 16.2. The van der Waals surface area contributed by atoms with E-state index in [1.807, 2.05) is 36.5 Å². The molecular formula is C23H28N2O2. The van der Waals surface area contributed by atoms with Gasteiger partial charge in [0.1, 0.15) is 18.5 Å². The van der Waals surface area contributed by atoms with E-state index < -0.39 is 6.10 Å². The lowest BCUT2D eigenvalue weighted by atomic mass is 10.1. The highest BCUT2D eigenvalue weighted by Gasteiger charge is 2.12. The summed E-state index contributed by atoms with van der Waals surface area (Å²) in [4.78, 5) is 3.23. The summed E-state index contributed by atoms with van der Waals surface area (Å²) in [7, 11) is 0. The molecule has 0 aliphatic rings. The number of hydrogen-bond acceptors (Lipinski definition) is 3. The molecule has 4 nitrogen and oxygen atoms in total. The van der Waals surface area contributed by atoms with Crippen LogP contribution in [0.1, 0.15) is 31.9 Å². The lowest BCUT2D eigenvalue weighted by Crippen LogP contribution is -2.42. The first-order valence-electron chi connectivity index (χ1n) is 9.31. The normalized spacial score (nSPS) is 13.3. The number of hydrogen-bond donors (Lipinski definition) is 3. The van der Waals surface area contributed by atoms with E-state index in [-0.39, 0.29) is 12.1 Å². The molecule has 142 valence electrons. The highest BCUT2D eigenvalue weighted by Crippen LogP contribution is 2.21. The third kappa shape index (κ3) is 5.71. The number of rotatable bonds is 7. The van der Waals surface area contributed by atoms with Gasteiger partial charge in [0, 0.05) is 29.2 Å². The first-order chi connectivity index (χ1) is 12.9. The molecule has 3 N–H and O–H groups in total. The van der Waals surface area contributed by atoms with Crippen LogP contribution in [-0.4, -0.2) is 34.9 Å². The number of aromatic nitrogens is 1. The molecular weight excluding hydrogens is 336 g/mol. The SMILES string of the molecule is CC(C)(C)NCC(O)COc1cccc(C=Cc2cccc3[nH]ccc23)c1. The standard InChI is InChI=1S/C23H28N2O2/c1-23(2,3)25-15-19(26)16-27-20-8-4-6-17(14-20)10-11-18-7-5-9-22-21(18)12-13-24-22/h4-14,19,24-26H,15-16H2,1-3H3. The van der Waals surface area contributed by atoms with Crippen LogP contribution in [0.4, 0.5) is 0 Å². The molecule has 27 heavy (non-hydrogen) atoms. The van der Waals surface area contributed by atoms with Crippen molar-refractivity contribution in [2.75, 3.05) is 13.2 Å². The summed E-state index contributed by atoms with van der Waals surface area (Å²) >= 11 is 0. The van der Waals surface area contributed by atoms with Crippen LogP contribution in [0.2, 0.25) is 0 Å². The van der Waals surface area contributed by atoms with Crippen molar-refractivity contribution in [3.05, 3.63) is 65.9 Å². The first kappa shape index (κ1) is 19.2. The van der Waals surface area contributed by atoms with Crippen molar-refractivity contribution in [2.45, 2.75) is 32.4 Å². The molecule has 1 heterocycles. The van der Waals surface area contributed by atoms with E-state index in [9.17, 15) is 5.11 Å². The summed E-state index contributed by atoms with van der Waals surface area (Å²) in [5, 5.41) is 14.6. The molecule has 1 atom stereocenters. The second-order valence-corrected chi connectivity index (χ2v) is 7.79. The number of aliphatic hydroxyl groups is 1. The summed E-state index contributed by atoms with van der Waals surface area (Å²) in [6.07, 6.45) is 5.59. The van der Waals surface area contributed by atoms with Gasteiger partial charge in [0.25, 0.3) is 0 Å². The number of H-pyrrole nitrogens is 1. The number of aromatic amines is 1. The molecule has 2 aromatic carbocycles. The quantitative estimate of drug-likeness (QED) is 0.542. The number of nitrogens with one attached hydrogen (secondary N) is 2. The Morgan fingerprint density at radius 3 is 2.74 bits per heavy atom. The van der Waals surface area contributed by atoms with Gasteiger partial charge < -0.3 is 20.1 Å². The Morgan fingerprint density at radius 1 is 1.11 bits per heavy atom. The molecule has 0 radical (unpaired) electrons. The summed E-state index contributed by atoms with van der Waals surface area (Å²) in [6, 6.07) is 16.2.